The summed E-state index contributed by atoms with van der Waals surface area (Å²) >= 11 is 0. The number of benzene rings is 1. The summed E-state index contributed by atoms with van der Waals surface area (Å²) in [5.74, 6) is -1.74. The van der Waals surface area contributed by atoms with Crippen LogP contribution in [0.25, 0.3) is 0 Å². The van der Waals surface area contributed by atoms with E-state index in [0.717, 1.165) is 6.07 Å². The normalized spacial score (nSPS) is 9.92. The van der Waals surface area contributed by atoms with Crippen LogP contribution >= 0.6 is 0 Å². The van der Waals surface area contributed by atoms with Crippen LogP contribution in [-0.2, 0) is 4.74 Å². The van der Waals surface area contributed by atoms with Crippen molar-refractivity contribution >= 4 is 5.69 Å². The van der Waals surface area contributed by atoms with E-state index in [2.05, 4.69) is 10.1 Å². The van der Waals surface area contributed by atoms with Crippen molar-refractivity contribution in [3.05, 3.63) is 29.8 Å². The van der Waals surface area contributed by atoms with Gasteiger partial charge in [-0.1, -0.05) is 6.07 Å². The third-order valence-corrected chi connectivity index (χ3v) is 1.36. The molecule has 66 valence electrons. The molecule has 1 rings (SSSR count). The maximum Gasteiger partial charge on any atom is 0.181 e. The summed E-state index contributed by atoms with van der Waals surface area (Å²) in [6.45, 7) is 0.153. The number of methoxy groups -OCH3 is 1. The molecular weight excluding hydrogens is 164 g/mol. The number of hydrogen-bond donors (Lipinski definition) is 1. The summed E-state index contributed by atoms with van der Waals surface area (Å²) in [6, 6.07) is 3.93. The topological polar surface area (TPSA) is 21.3 Å². The van der Waals surface area contributed by atoms with Gasteiger partial charge in [0.1, 0.15) is 6.73 Å². The van der Waals surface area contributed by atoms with E-state index in [1.54, 1.807) is 0 Å². The van der Waals surface area contributed by atoms with Gasteiger partial charge in [-0.3, -0.25) is 0 Å². The van der Waals surface area contributed by atoms with Crippen LogP contribution < -0.4 is 5.32 Å². The molecule has 0 aliphatic rings. The van der Waals surface area contributed by atoms with Crippen LogP contribution in [-0.4, -0.2) is 13.8 Å². The van der Waals surface area contributed by atoms with Crippen molar-refractivity contribution < 1.29 is 13.5 Å². The molecule has 0 radical (unpaired) electrons. The minimum atomic E-state index is -0.880. The van der Waals surface area contributed by atoms with Crippen LogP contribution in [0.5, 0.6) is 0 Å². The van der Waals surface area contributed by atoms with Crippen LogP contribution in [0.3, 0.4) is 0 Å². The molecule has 1 aromatic rings. The number of anilines is 1. The van der Waals surface area contributed by atoms with E-state index >= 15 is 0 Å². The van der Waals surface area contributed by atoms with E-state index in [9.17, 15) is 8.78 Å². The van der Waals surface area contributed by atoms with Crippen LogP contribution in [0.4, 0.5) is 14.5 Å². The average molecular weight is 173 g/mol. The van der Waals surface area contributed by atoms with Gasteiger partial charge in [-0.2, -0.15) is 0 Å². The van der Waals surface area contributed by atoms with Crippen LogP contribution in [0.2, 0.25) is 0 Å². The largest absolute Gasteiger partial charge is 0.365 e. The first-order valence-corrected chi connectivity index (χ1v) is 3.42. The van der Waals surface area contributed by atoms with E-state index in [1.165, 1.54) is 19.2 Å². The molecule has 0 spiro atoms. The van der Waals surface area contributed by atoms with Crippen LogP contribution in [0, 0.1) is 11.6 Å². The van der Waals surface area contributed by atoms with Gasteiger partial charge in [-0.15, -0.1) is 0 Å². The molecule has 0 aromatic heterocycles. The van der Waals surface area contributed by atoms with Gasteiger partial charge in [0.25, 0.3) is 0 Å². The van der Waals surface area contributed by atoms with Crippen molar-refractivity contribution in [1.82, 2.24) is 0 Å². The van der Waals surface area contributed by atoms with Gasteiger partial charge in [-0.25, -0.2) is 8.78 Å². The van der Waals surface area contributed by atoms with Gasteiger partial charge in [0.2, 0.25) is 0 Å². The zero-order valence-electron chi connectivity index (χ0n) is 6.60. The maximum absolute atomic E-state index is 12.8. The van der Waals surface area contributed by atoms with Gasteiger partial charge in [-0.05, 0) is 12.1 Å². The highest BCUT2D eigenvalue weighted by molar-refractivity contribution is 5.44. The smallest absolute Gasteiger partial charge is 0.181 e. The standard InChI is InChI=1S/C8H9F2NO/c1-12-5-11-7-4-2-3-6(9)8(7)10/h2-4,11H,5H2,1H3. The van der Waals surface area contributed by atoms with Gasteiger partial charge in [0, 0.05) is 7.11 Å². The fourth-order valence-electron chi connectivity index (χ4n) is 0.790. The summed E-state index contributed by atoms with van der Waals surface area (Å²) < 4.78 is 30.0. The van der Waals surface area contributed by atoms with Crippen molar-refractivity contribution in [2.45, 2.75) is 0 Å². The van der Waals surface area contributed by atoms with E-state index in [0.29, 0.717) is 0 Å². The third kappa shape index (κ3) is 1.92. The first-order valence-electron chi connectivity index (χ1n) is 3.42. The Hall–Kier alpha value is -1.16. The lowest BCUT2D eigenvalue weighted by molar-refractivity contribution is 0.221. The van der Waals surface area contributed by atoms with Crippen molar-refractivity contribution in [2.75, 3.05) is 19.2 Å². The predicted molar refractivity (Wildman–Crippen MR) is 41.9 cm³/mol. The van der Waals surface area contributed by atoms with Gasteiger partial charge in [0.15, 0.2) is 11.6 Å². The van der Waals surface area contributed by atoms with E-state index in [-0.39, 0.29) is 12.4 Å². The minimum Gasteiger partial charge on any atom is -0.365 e. The van der Waals surface area contributed by atoms with Crippen LogP contribution in [0.1, 0.15) is 0 Å². The second-order valence-electron chi connectivity index (χ2n) is 2.21. The van der Waals surface area contributed by atoms with Gasteiger partial charge < -0.3 is 10.1 Å². The average Bonchev–Trinajstić information content (AvgIpc) is 2.08. The van der Waals surface area contributed by atoms with Gasteiger partial charge >= 0.3 is 0 Å². The summed E-state index contributed by atoms with van der Waals surface area (Å²) in [6.07, 6.45) is 0. The molecule has 4 heteroatoms. The van der Waals surface area contributed by atoms with E-state index in [1.807, 2.05) is 0 Å². The van der Waals surface area contributed by atoms with Crippen molar-refractivity contribution in [3.63, 3.8) is 0 Å². The first kappa shape index (κ1) is 8.93. The van der Waals surface area contributed by atoms with Gasteiger partial charge in [0.05, 0.1) is 5.69 Å². The highest BCUT2D eigenvalue weighted by Gasteiger charge is 2.05. The zero-order chi connectivity index (χ0) is 8.97. The lowest BCUT2D eigenvalue weighted by Crippen LogP contribution is -2.05. The SMILES string of the molecule is COCNc1cccc(F)c1F. The molecule has 0 fully saturated rings. The molecule has 0 saturated heterocycles. The molecule has 0 unspecified atom stereocenters. The molecule has 0 heterocycles. The molecule has 0 atom stereocenters. The summed E-state index contributed by atoms with van der Waals surface area (Å²) in [5.41, 5.74) is 0.108. The van der Waals surface area contributed by atoms with E-state index in [4.69, 9.17) is 0 Å². The number of halogens is 2. The Balaban J connectivity index is 2.78. The Morgan fingerprint density at radius 2 is 2.17 bits per heavy atom. The third-order valence-electron chi connectivity index (χ3n) is 1.36. The Labute approximate surface area is 69.2 Å². The number of ether oxygens (including phenoxy) is 1. The molecule has 2 nitrogen and oxygen atoms in total. The number of hydrogen-bond acceptors (Lipinski definition) is 2. The molecule has 0 saturated carbocycles. The molecule has 0 aliphatic carbocycles. The quantitative estimate of drug-likeness (QED) is 0.705. The lowest BCUT2D eigenvalue weighted by atomic mass is 10.3. The zero-order valence-corrected chi connectivity index (χ0v) is 6.60. The van der Waals surface area contributed by atoms with E-state index < -0.39 is 11.6 Å². The Bertz CT molecular complexity index is 265. The molecule has 0 amide bonds. The monoisotopic (exact) mass is 173 g/mol. The molecule has 0 bridgehead atoms. The molecule has 12 heavy (non-hydrogen) atoms. The molecule has 0 aliphatic heterocycles. The first-order chi connectivity index (χ1) is 5.75. The summed E-state index contributed by atoms with van der Waals surface area (Å²) in [4.78, 5) is 0. The predicted octanol–water partition coefficient (Wildman–Crippen LogP) is 1.98. The summed E-state index contributed by atoms with van der Waals surface area (Å²) in [5, 5.41) is 2.57. The second kappa shape index (κ2) is 4.01. The fraction of sp³-hybridized carbons (Fsp3) is 0.250. The second-order valence-corrected chi connectivity index (χ2v) is 2.21. The highest BCUT2D eigenvalue weighted by Crippen LogP contribution is 2.15. The fourth-order valence-corrected chi connectivity index (χ4v) is 0.790. The van der Waals surface area contributed by atoms with Crippen LogP contribution in [0.15, 0.2) is 18.2 Å². The number of nitrogens with one attached hydrogen (secondary N) is 1. The molecular formula is C8H9F2NO. The maximum atomic E-state index is 12.8. The number of rotatable bonds is 3. The Kier molecular flexibility index (Phi) is 2.99. The van der Waals surface area contributed by atoms with Crippen molar-refractivity contribution in [3.8, 4) is 0 Å². The van der Waals surface area contributed by atoms with Crippen molar-refractivity contribution in [1.29, 1.82) is 0 Å². The Morgan fingerprint density at radius 3 is 2.83 bits per heavy atom. The molecule has 1 aromatic carbocycles. The Morgan fingerprint density at radius 1 is 1.42 bits per heavy atom. The lowest BCUT2D eigenvalue weighted by Gasteiger charge is -2.05. The molecule has 1 N–H and O–H groups in total. The highest BCUT2D eigenvalue weighted by atomic mass is 19.2. The minimum absolute atomic E-state index is 0.108. The van der Waals surface area contributed by atoms with Crippen molar-refractivity contribution in [2.24, 2.45) is 0 Å². The summed E-state index contributed by atoms with van der Waals surface area (Å²) in [7, 11) is 1.46.